The van der Waals surface area contributed by atoms with Gasteiger partial charge in [-0.3, -0.25) is 5.10 Å². The monoisotopic (exact) mass is 406 g/mol. The summed E-state index contributed by atoms with van der Waals surface area (Å²) >= 11 is 0. The number of nitrogens with one attached hydrogen (secondary N) is 1. The van der Waals surface area contributed by atoms with Crippen molar-refractivity contribution in [2.24, 2.45) is 0 Å². The molecule has 0 bridgehead atoms. The van der Waals surface area contributed by atoms with Crippen LogP contribution in [0, 0.1) is 13.8 Å². The fourth-order valence-electron chi connectivity index (χ4n) is 3.74. The number of rotatable bonds is 3. The summed E-state index contributed by atoms with van der Waals surface area (Å²) in [7, 11) is -3.95. The smallest absolute Gasteiger partial charge is 0.243 e. The van der Waals surface area contributed by atoms with E-state index in [1.165, 1.54) is 12.1 Å². The second kappa shape index (κ2) is 6.52. The van der Waals surface area contributed by atoms with Crippen molar-refractivity contribution < 1.29 is 17.2 Å². The Morgan fingerprint density at radius 1 is 1.11 bits per heavy atom. The number of nitrogen functional groups attached to an aromatic ring is 1. The fourth-order valence-corrected chi connectivity index (χ4v) is 5.28. The molecule has 3 N–H and O–H groups in total. The maximum Gasteiger partial charge on any atom is 0.243 e. The topological polar surface area (TPSA) is 92.1 Å². The molecule has 1 fully saturated rings. The van der Waals surface area contributed by atoms with Crippen molar-refractivity contribution in [3.05, 3.63) is 41.5 Å². The van der Waals surface area contributed by atoms with Crippen molar-refractivity contribution in [3.63, 3.8) is 0 Å². The van der Waals surface area contributed by atoms with Gasteiger partial charge < -0.3 is 5.73 Å². The van der Waals surface area contributed by atoms with Gasteiger partial charge in [0.2, 0.25) is 10.0 Å². The maximum absolute atomic E-state index is 13.5. The van der Waals surface area contributed by atoms with E-state index in [1.54, 1.807) is 13.0 Å². The second-order valence-electron chi connectivity index (χ2n) is 7.10. The SMILES string of the molecule is Cc1cc(S(=O)(=O)N2C[C@@H](F)[C@@H](F)C2)ccc1-c1ccc2[nH]nc(N)c2c1C. The molecular weight excluding hydrogens is 386 g/mol. The first-order valence-corrected chi connectivity index (χ1v) is 10.3. The average molecular weight is 406 g/mol. The largest absolute Gasteiger partial charge is 0.382 e. The number of nitrogens with two attached hydrogens (primary N) is 1. The van der Waals surface area contributed by atoms with Gasteiger partial charge in [-0.05, 0) is 54.3 Å². The van der Waals surface area contributed by atoms with Gasteiger partial charge in [0.05, 0.1) is 10.4 Å². The fraction of sp³-hybridized carbons (Fsp3) is 0.316. The highest BCUT2D eigenvalue weighted by molar-refractivity contribution is 7.89. The van der Waals surface area contributed by atoms with Gasteiger partial charge in [0, 0.05) is 18.5 Å². The Labute approximate surface area is 161 Å². The molecule has 1 aliphatic rings. The highest BCUT2D eigenvalue weighted by atomic mass is 32.2. The summed E-state index contributed by atoms with van der Waals surface area (Å²) in [6, 6.07) is 8.51. The third kappa shape index (κ3) is 2.85. The first-order chi connectivity index (χ1) is 13.2. The number of aryl methyl sites for hydroxylation is 2. The minimum absolute atomic E-state index is 0.0246. The summed E-state index contributed by atoms with van der Waals surface area (Å²) in [5.74, 6) is 0.404. The molecule has 6 nitrogen and oxygen atoms in total. The van der Waals surface area contributed by atoms with E-state index in [4.69, 9.17) is 5.73 Å². The average Bonchev–Trinajstić information content (AvgIpc) is 3.19. The van der Waals surface area contributed by atoms with Crippen LogP contribution >= 0.6 is 0 Å². The third-order valence-electron chi connectivity index (χ3n) is 5.29. The number of hydrogen-bond acceptors (Lipinski definition) is 4. The van der Waals surface area contributed by atoms with E-state index in [0.29, 0.717) is 5.82 Å². The molecule has 0 radical (unpaired) electrons. The van der Waals surface area contributed by atoms with E-state index in [9.17, 15) is 17.2 Å². The Morgan fingerprint density at radius 3 is 2.39 bits per heavy atom. The third-order valence-corrected chi connectivity index (χ3v) is 7.12. The van der Waals surface area contributed by atoms with E-state index < -0.39 is 35.5 Å². The summed E-state index contributed by atoms with van der Waals surface area (Å²) in [6.45, 7) is 2.82. The molecule has 148 valence electrons. The van der Waals surface area contributed by atoms with E-state index in [2.05, 4.69) is 10.2 Å². The number of anilines is 1. The van der Waals surface area contributed by atoms with Crippen LogP contribution in [-0.4, -0.2) is 48.4 Å². The zero-order valence-electron chi connectivity index (χ0n) is 15.4. The summed E-state index contributed by atoms with van der Waals surface area (Å²) < 4.78 is 53.3. The summed E-state index contributed by atoms with van der Waals surface area (Å²) in [5, 5.41) is 7.72. The molecule has 1 saturated heterocycles. The quantitative estimate of drug-likeness (QED) is 0.699. The number of H-pyrrole nitrogens is 1. The van der Waals surface area contributed by atoms with Crippen molar-refractivity contribution in [2.45, 2.75) is 31.1 Å². The molecule has 2 atom stereocenters. The van der Waals surface area contributed by atoms with E-state index in [0.717, 1.165) is 37.5 Å². The molecular formula is C19H20F2N4O2S. The van der Waals surface area contributed by atoms with Gasteiger partial charge in [0.25, 0.3) is 0 Å². The Hall–Kier alpha value is -2.52. The molecule has 1 aliphatic heterocycles. The van der Waals surface area contributed by atoms with Crippen molar-refractivity contribution in [1.29, 1.82) is 0 Å². The number of hydrogen-bond donors (Lipinski definition) is 2. The molecule has 0 spiro atoms. The van der Waals surface area contributed by atoms with Gasteiger partial charge >= 0.3 is 0 Å². The molecule has 0 saturated carbocycles. The van der Waals surface area contributed by atoms with Crippen LogP contribution in [0.25, 0.3) is 22.0 Å². The van der Waals surface area contributed by atoms with Gasteiger partial charge in [-0.2, -0.15) is 9.40 Å². The predicted molar refractivity (Wildman–Crippen MR) is 104 cm³/mol. The Bertz CT molecular complexity index is 1170. The first-order valence-electron chi connectivity index (χ1n) is 8.82. The van der Waals surface area contributed by atoms with Crippen molar-refractivity contribution in [1.82, 2.24) is 14.5 Å². The highest BCUT2D eigenvalue weighted by Gasteiger charge is 2.40. The number of nitrogens with zero attached hydrogens (tertiary/aromatic N) is 2. The number of aromatic amines is 1. The van der Waals surface area contributed by atoms with Crippen LogP contribution in [0.4, 0.5) is 14.6 Å². The molecule has 0 amide bonds. The zero-order chi connectivity index (χ0) is 20.2. The number of alkyl halides is 2. The standard InChI is InChI=1S/C19H20F2N4O2S/c1-10-7-12(28(26,27)25-8-15(20)16(21)9-25)3-4-13(10)14-5-6-17-18(11(14)2)19(22)24-23-17/h3-7,15-16H,8-9H2,1-2H3,(H3,22,23,24)/t15-,16+. The van der Waals surface area contributed by atoms with Gasteiger partial charge in [-0.1, -0.05) is 12.1 Å². The molecule has 0 unspecified atom stereocenters. The van der Waals surface area contributed by atoms with Crippen LogP contribution in [0.15, 0.2) is 35.2 Å². The van der Waals surface area contributed by atoms with Crippen molar-refractivity contribution in [2.75, 3.05) is 18.8 Å². The Balaban J connectivity index is 1.75. The Morgan fingerprint density at radius 2 is 1.75 bits per heavy atom. The lowest BCUT2D eigenvalue weighted by molar-refractivity contribution is 0.217. The van der Waals surface area contributed by atoms with Gasteiger partial charge in [-0.25, -0.2) is 17.2 Å². The Kier molecular flexibility index (Phi) is 4.39. The van der Waals surface area contributed by atoms with Gasteiger partial charge in [-0.15, -0.1) is 0 Å². The lowest BCUT2D eigenvalue weighted by atomic mass is 9.94. The molecule has 4 rings (SSSR count). The van der Waals surface area contributed by atoms with Crippen LogP contribution in [-0.2, 0) is 10.0 Å². The normalized spacial score (nSPS) is 20.9. The van der Waals surface area contributed by atoms with Crippen LogP contribution < -0.4 is 5.73 Å². The molecule has 9 heteroatoms. The van der Waals surface area contributed by atoms with E-state index >= 15 is 0 Å². The zero-order valence-corrected chi connectivity index (χ0v) is 16.2. The summed E-state index contributed by atoms with van der Waals surface area (Å²) in [6.07, 6.45) is -3.57. The van der Waals surface area contributed by atoms with E-state index in [-0.39, 0.29) is 4.90 Å². The molecule has 0 aliphatic carbocycles. The number of aromatic nitrogens is 2. The predicted octanol–water partition coefficient (Wildman–Crippen LogP) is 3.11. The van der Waals surface area contributed by atoms with Crippen LogP contribution in [0.3, 0.4) is 0 Å². The number of sulfonamides is 1. The second-order valence-corrected chi connectivity index (χ2v) is 9.04. The molecule has 2 heterocycles. The van der Waals surface area contributed by atoms with Gasteiger partial charge in [0.1, 0.15) is 12.3 Å². The molecule has 28 heavy (non-hydrogen) atoms. The first kappa shape index (κ1) is 18.8. The van der Waals surface area contributed by atoms with Crippen LogP contribution in [0.1, 0.15) is 11.1 Å². The molecule has 3 aromatic rings. The lowest BCUT2D eigenvalue weighted by Crippen LogP contribution is -2.29. The van der Waals surface area contributed by atoms with Crippen molar-refractivity contribution in [3.8, 4) is 11.1 Å². The summed E-state index contributed by atoms with van der Waals surface area (Å²) in [5.41, 5.74) is 10.2. The van der Waals surface area contributed by atoms with E-state index in [1.807, 2.05) is 19.1 Å². The number of halogens is 2. The summed E-state index contributed by atoms with van der Waals surface area (Å²) in [4.78, 5) is 0.0246. The van der Waals surface area contributed by atoms with Crippen molar-refractivity contribution >= 4 is 26.7 Å². The lowest BCUT2D eigenvalue weighted by Gasteiger charge is -2.17. The number of benzene rings is 2. The highest BCUT2D eigenvalue weighted by Crippen LogP contribution is 2.34. The molecule has 1 aromatic heterocycles. The number of fused-ring (bicyclic) bond motifs is 1. The maximum atomic E-state index is 13.5. The minimum atomic E-state index is -3.95. The molecule has 2 aromatic carbocycles. The van der Waals surface area contributed by atoms with Crippen LogP contribution in [0.2, 0.25) is 0 Å². The van der Waals surface area contributed by atoms with Crippen LogP contribution in [0.5, 0.6) is 0 Å². The minimum Gasteiger partial charge on any atom is -0.382 e. The van der Waals surface area contributed by atoms with Gasteiger partial charge in [0.15, 0.2) is 5.82 Å².